The molecule has 2 aromatic rings. The van der Waals surface area contributed by atoms with E-state index >= 15 is 0 Å². The minimum Gasteiger partial charge on any atom is -0.338 e. The molecule has 24 heteroatoms. The van der Waals surface area contributed by atoms with Crippen molar-refractivity contribution in [2.75, 3.05) is 75.7 Å². The molecule has 4 N–H and O–H groups in total. The number of rotatable bonds is 17. The average molecular weight is 1190 g/mol. The van der Waals surface area contributed by atoms with E-state index in [1.165, 1.54) is 0 Å². The van der Waals surface area contributed by atoms with E-state index < -0.39 is 67.0 Å². The van der Waals surface area contributed by atoms with Crippen LogP contribution in [0.5, 0.6) is 0 Å². The number of hydrogen-bond donors (Lipinski definition) is 3. The molecule has 388 valence electrons. The van der Waals surface area contributed by atoms with Gasteiger partial charge in [-0.15, -0.1) is 0 Å². The Kier molecular flexibility index (Phi) is 20.4. The summed E-state index contributed by atoms with van der Waals surface area (Å²) in [6, 6.07) is -0.140. The number of nitrogens with one attached hydrogen (secondary N) is 2. The van der Waals surface area contributed by atoms with Gasteiger partial charge in [0.15, 0.2) is 17.0 Å². The predicted molar refractivity (Wildman–Crippen MR) is 250 cm³/mol. The maximum atomic E-state index is 14.3. The molecule has 0 spiro atoms. The van der Waals surface area contributed by atoms with Crippen molar-refractivity contribution in [2.24, 2.45) is 10.7 Å². The molecule has 1 amide bonds. The van der Waals surface area contributed by atoms with E-state index in [1.807, 2.05) is 16.4 Å². The van der Waals surface area contributed by atoms with Crippen LogP contribution in [0, 0.1) is 0 Å². The van der Waals surface area contributed by atoms with Gasteiger partial charge in [-0.3, -0.25) is 0 Å². The Hall–Kier alpha value is -3.57. The van der Waals surface area contributed by atoms with Crippen LogP contribution in [0.2, 0.25) is 0 Å². The number of nitrogens with zero attached hydrogens (tertiary/aromatic N) is 11. The molecule has 0 radical (unpaired) electrons. The fourth-order valence-electron chi connectivity index (χ4n) is 8.44. The van der Waals surface area contributed by atoms with Gasteiger partial charge >= 0.3 is 284 Å². The summed E-state index contributed by atoms with van der Waals surface area (Å²) in [5.74, 6) is -1.25. The maximum absolute atomic E-state index is 14.3. The molecule has 6 heterocycles. The number of carbonyl (C=O) groups is 4. The van der Waals surface area contributed by atoms with Gasteiger partial charge in [0.2, 0.25) is 5.95 Å². The summed E-state index contributed by atoms with van der Waals surface area (Å²) >= 11 is -1.75. The fourth-order valence-corrected chi connectivity index (χ4v) is 15.4. The van der Waals surface area contributed by atoms with E-state index in [4.69, 9.17) is 35.2 Å². The first-order valence-electron chi connectivity index (χ1n) is 24.4. The molecule has 4 fully saturated rings. The number of hydrogen-bond acceptors (Lipinski definition) is 19. The van der Waals surface area contributed by atoms with Crippen LogP contribution in [0.4, 0.5) is 16.2 Å². The van der Waals surface area contributed by atoms with Crippen LogP contribution in [-0.2, 0) is 39.2 Å². The zero-order valence-corrected chi connectivity index (χ0v) is 45.8. The maximum Gasteiger partial charge on any atom is 0.229 e. The number of amides is 1. The summed E-state index contributed by atoms with van der Waals surface area (Å²) in [6.45, 7) is 19.5. The summed E-state index contributed by atoms with van der Waals surface area (Å²) < 4.78 is 20.7. The van der Waals surface area contributed by atoms with E-state index in [2.05, 4.69) is 80.1 Å². The van der Waals surface area contributed by atoms with Gasteiger partial charge in [0.25, 0.3) is 0 Å². The van der Waals surface area contributed by atoms with Crippen molar-refractivity contribution in [3.8, 4) is 0 Å². The van der Waals surface area contributed by atoms with Crippen molar-refractivity contribution >= 4 is 53.0 Å². The van der Waals surface area contributed by atoms with E-state index in [9.17, 15) is 23.6 Å². The summed E-state index contributed by atoms with van der Waals surface area (Å²) in [4.78, 5) is 95.3. The molecule has 4 aliphatic heterocycles. The van der Waals surface area contributed by atoms with Gasteiger partial charge < -0.3 is 20.5 Å². The number of unbranched alkanes of at least 4 members (excludes halogenated alkanes) is 2. The summed E-state index contributed by atoms with van der Waals surface area (Å²) in [5, 5.41) is 6.85. The number of halogens is 3. The van der Waals surface area contributed by atoms with Gasteiger partial charge in [0, 0.05) is 17.8 Å². The molecule has 0 aromatic carbocycles. The zero-order valence-electron chi connectivity index (χ0n) is 41.5. The first-order chi connectivity index (χ1) is 33.0. The van der Waals surface area contributed by atoms with Gasteiger partial charge in [-0.2, -0.15) is 9.97 Å². The van der Waals surface area contributed by atoms with E-state index in [1.54, 1.807) is 12.5 Å². The van der Waals surface area contributed by atoms with Crippen molar-refractivity contribution in [2.45, 2.75) is 145 Å². The molecule has 69 heavy (non-hydrogen) atoms. The number of alkyl halides is 3. The quantitative estimate of drug-likeness (QED) is 0.0371. The van der Waals surface area contributed by atoms with Crippen molar-refractivity contribution in [1.82, 2.24) is 46.3 Å². The smallest absolute Gasteiger partial charge is 0.229 e. The number of anilines is 2. The first-order valence-corrected chi connectivity index (χ1v) is 28.8. The van der Waals surface area contributed by atoms with E-state index in [0.717, 1.165) is 44.9 Å². The predicted octanol–water partition coefficient (Wildman–Crippen LogP) is -2.56. The fraction of sp³-hybridized carbons (Fsp3) is 0.733. The molecule has 4 unspecified atom stereocenters. The second-order valence-electron chi connectivity index (χ2n) is 18.6. The standard InChI is InChI=1S/C45H73FI2N14O7/c1-9-31-23-57(35(12-4)47-61-28-40(66)69-62-67-38(64)26-58(24-32(61)10-2)36(13-5)48-60(31)27-39(65)68-62)25-37(63)51-19-16-14-15-18-50-21-34(33(49)11-3)53-42-41-43(59(29-52-41)45(6,7)8)55-44(54-42)56-20-17-30(46)22-56/h21,29-32,35-36H,9-20,22-28,49H2,1-8H3,(H,51,63)(H,53,54,55)/q-2/t30-,31-,32-,35-,36-/m0/s1. The Bertz CT molecular complexity index is 2140. The molecule has 4 bridgehead atoms. The molecule has 2 aromatic heterocycles. The van der Waals surface area contributed by atoms with E-state index in [0.29, 0.717) is 85.3 Å². The van der Waals surface area contributed by atoms with Gasteiger partial charge in [-0.25, -0.2) is 9.37 Å². The minimum absolute atomic E-state index is 0.000178. The minimum atomic E-state index is -0.933. The Morgan fingerprint density at radius 3 is 2.14 bits per heavy atom. The molecular weight excluding hydrogens is 1120 g/mol. The third-order valence-electron chi connectivity index (χ3n) is 12.3. The molecule has 6 rings (SSSR count). The molecule has 4 aliphatic rings. The Morgan fingerprint density at radius 2 is 1.54 bits per heavy atom. The normalized spacial score (nSPS) is 28.3. The van der Waals surface area contributed by atoms with Crippen LogP contribution < -0.4 is 64.2 Å². The summed E-state index contributed by atoms with van der Waals surface area (Å²) in [5.41, 5.74) is 8.66. The monoisotopic (exact) mass is 1190 g/mol. The van der Waals surface area contributed by atoms with Gasteiger partial charge in [-0.05, 0) is 33.6 Å². The van der Waals surface area contributed by atoms with Crippen molar-refractivity contribution in [3.63, 3.8) is 0 Å². The zero-order chi connectivity index (χ0) is 49.8. The number of imidazole rings is 1. The van der Waals surface area contributed by atoms with Crippen molar-refractivity contribution in [1.29, 1.82) is 0 Å². The number of allylic oxidation sites excluding steroid dienone is 2. The number of aromatic nitrogens is 4. The van der Waals surface area contributed by atoms with Crippen LogP contribution in [0.3, 0.4) is 0 Å². The third kappa shape index (κ3) is 15.0. The average Bonchev–Trinajstić information content (AvgIpc) is 3.95. The van der Waals surface area contributed by atoms with Crippen LogP contribution in [0.1, 0.15) is 113 Å². The third-order valence-corrected chi connectivity index (χ3v) is 20.7. The van der Waals surface area contributed by atoms with E-state index in [-0.39, 0.29) is 64.4 Å². The molecule has 21 nitrogen and oxygen atoms in total. The number of fused-ring (bicyclic) bond motifs is 8. The molecule has 9 atom stereocenters. The largest absolute Gasteiger partial charge is 0.338 e. The van der Waals surface area contributed by atoms with Gasteiger partial charge in [-0.1, -0.05) is 6.92 Å². The van der Waals surface area contributed by atoms with Gasteiger partial charge in [0.1, 0.15) is 6.17 Å². The van der Waals surface area contributed by atoms with Crippen LogP contribution in [-0.4, -0.2) is 163 Å². The molecular formula is C45H73FI2N14O7-2. The number of nitrogens with two attached hydrogens (primary N) is 1. The topological polar surface area (TPSA) is 221 Å². The Morgan fingerprint density at radius 1 is 0.884 bits per heavy atom. The Balaban J connectivity index is 1.09. The van der Waals surface area contributed by atoms with Crippen LogP contribution >= 0.6 is 0 Å². The summed E-state index contributed by atoms with van der Waals surface area (Å²) in [7, 11) is 0. The first kappa shape index (κ1) is 54.8. The molecule has 4 saturated heterocycles. The number of carbonyl (C=O) groups excluding carboxylic acids is 4. The Labute approximate surface area is 426 Å². The van der Waals surface area contributed by atoms with Crippen molar-refractivity contribution < 1.29 is 81.0 Å². The SMILES string of the molecule is CCC(N)=C(C=NCCCCCNC(=O)CN1C[C@H](CC)N2CC(=O)ON3OC(=O)CN(C[C@H](CC)N(CC(=O)O3)[I-][C@@H]1CC)[C@@H](CC)[I-]2)Nc1nc(N2CC[C@H](F)C2)nc2c1ncn2C(C)(C)C. The summed E-state index contributed by atoms with van der Waals surface area (Å²) in [6.07, 6.45) is 8.93. The van der Waals surface area contributed by atoms with Crippen LogP contribution in [0.15, 0.2) is 22.7 Å². The van der Waals surface area contributed by atoms with Gasteiger partial charge in [0.05, 0.1) is 18.6 Å². The number of aliphatic imine (C=N–C) groups is 1. The van der Waals surface area contributed by atoms with Crippen LogP contribution in [0.25, 0.3) is 11.2 Å². The van der Waals surface area contributed by atoms with Crippen molar-refractivity contribution in [3.05, 3.63) is 17.7 Å². The molecule has 0 aliphatic carbocycles. The molecule has 0 saturated carbocycles. The second kappa shape index (κ2) is 25.7. The second-order valence-corrected chi connectivity index (χ2v) is 25.1.